The number of nitrogens with zero attached hydrogens (tertiary/aromatic N) is 3. The lowest BCUT2D eigenvalue weighted by Crippen LogP contribution is -2.39. The van der Waals surface area contributed by atoms with Gasteiger partial charge in [-0.15, -0.1) is 0 Å². The molecule has 0 saturated carbocycles. The van der Waals surface area contributed by atoms with E-state index < -0.39 is 0 Å². The molecule has 0 spiro atoms. The van der Waals surface area contributed by atoms with Crippen LogP contribution in [0.4, 0.5) is 17.3 Å². The van der Waals surface area contributed by atoms with Crippen LogP contribution in [0.15, 0.2) is 30.3 Å². The molecule has 3 rings (SSSR count). The molecule has 1 saturated heterocycles. The minimum atomic E-state index is 0.751. The first-order chi connectivity index (χ1) is 11.7. The van der Waals surface area contributed by atoms with Gasteiger partial charge in [0.25, 0.3) is 0 Å². The van der Waals surface area contributed by atoms with Crippen molar-refractivity contribution in [2.24, 2.45) is 0 Å². The Bertz CT molecular complexity index is 670. The second kappa shape index (κ2) is 8.08. The van der Waals surface area contributed by atoms with Gasteiger partial charge in [0.15, 0.2) is 0 Å². The van der Waals surface area contributed by atoms with Crippen LogP contribution >= 0.6 is 0 Å². The monoisotopic (exact) mass is 327 g/mol. The molecule has 2 N–H and O–H groups in total. The molecule has 6 heteroatoms. The highest BCUT2D eigenvalue weighted by molar-refractivity contribution is 5.59. The third kappa shape index (κ3) is 4.91. The van der Waals surface area contributed by atoms with Crippen molar-refractivity contribution in [2.75, 3.05) is 50.0 Å². The molecular formula is C18H25N5O. The summed E-state index contributed by atoms with van der Waals surface area (Å²) in [7, 11) is 0. The van der Waals surface area contributed by atoms with Gasteiger partial charge in [0.2, 0.25) is 0 Å². The second-order valence-electron chi connectivity index (χ2n) is 6.06. The maximum absolute atomic E-state index is 5.37. The van der Waals surface area contributed by atoms with Crippen molar-refractivity contribution in [2.45, 2.75) is 13.8 Å². The summed E-state index contributed by atoms with van der Waals surface area (Å²) in [5, 5.41) is 6.74. The van der Waals surface area contributed by atoms with E-state index in [1.54, 1.807) is 0 Å². The number of morpholine rings is 1. The molecule has 24 heavy (non-hydrogen) atoms. The smallest absolute Gasteiger partial charge is 0.136 e. The molecule has 1 aromatic carbocycles. The summed E-state index contributed by atoms with van der Waals surface area (Å²) in [5.74, 6) is 2.41. The predicted molar refractivity (Wildman–Crippen MR) is 97.0 cm³/mol. The average molecular weight is 327 g/mol. The summed E-state index contributed by atoms with van der Waals surface area (Å²) >= 11 is 0. The van der Waals surface area contributed by atoms with Gasteiger partial charge in [0, 0.05) is 37.9 Å². The molecule has 0 atom stereocenters. The van der Waals surface area contributed by atoms with Gasteiger partial charge in [-0.25, -0.2) is 9.97 Å². The molecule has 2 aromatic rings. The van der Waals surface area contributed by atoms with Crippen LogP contribution in [-0.4, -0.2) is 54.3 Å². The van der Waals surface area contributed by atoms with E-state index in [1.165, 1.54) is 5.56 Å². The Balaban J connectivity index is 1.58. The quantitative estimate of drug-likeness (QED) is 0.850. The summed E-state index contributed by atoms with van der Waals surface area (Å²) in [6.07, 6.45) is 0. The lowest BCUT2D eigenvalue weighted by atomic mass is 10.2. The van der Waals surface area contributed by atoms with E-state index in [-0.39, 0.29) is 0 Å². The molecule has 0 aliphatic carbocycles. The molecule has 1 aromatic heterocycles. The third-order valence-electron chi connectivity index (χ3n) is 3.97. The van der Waals surface area contributed by atoms with E-state index in [2.05, 4.69) is 44.6 Å². The zero-order chi connectivity index (χ0) is 16.8. The van der Waals surface area contributed by atoms with Crippen LogP contribution in [0.2, 0.25) is 0 Å². The summed E-state index contributed by atoms with van der Waals surface area (Å²) in [6.45, 7) is 9.51. The fraction of sp³-hybridized carbons (Fsp3) is 0.444. The first-order valence-corrected chi connectivity index (χ1v) is 8.42. The van der Waals surface area contributed by atoms with Gasteiger partial charge in [0.05, 0.1) is 13.2 Å². The number of nitrogens with one attached hydrogen (secondary N) is 2. The molecule has 0 bridgehead atoms. The number of hydrogen-bond donors (Lipinski definition) is 2. The Kier molecular flexibility index (Phi) is 5.61. The predicted octanol–water partition coefficient (Wildman–Crippen LogP) is 2.58. The maximum atomic E-state index is 5.37. The fourth-order valence-corrected chi connectivity index (χ4v) is 2.76. The van der Waals surface area contributed by atoms with E-state index in [0.29, 0.717) is 0 Å². The van der Waals surface area contributed by atoms with Crippen LogP contribution in [0.1, 0.15) is 11.4 Å². The van der Waals surface area contributed by atoms with Crippen LogP contribution in [-0.2, 0) is 4.74 Å². The Morgan fingerprint density at radius 3 is 2.67 bits per heavy atom. The lowest BCUT2D eigenvalue weighted by Gasteiger charge is -2.26. The van der Waals surface area contributed by atoms with Gasteiger partial charge in [-0.05, 0) is 31.5 Å². The van der Waals surface area contributed by atoms with Crippen molar-refractivity contribution in [3.8, 4) is 0 Å². The largest absolute Gasteiger partial charge is 0.379 e. The molecule has 1 fully saturated rings. The summed E-state index contributed by atoms with van der Waals surface area (Å²) < 4.78 is 5.37. The van der Waals surface area contributed by atoms with Crippen molar-refractivity contribution < 1.29 is 4.74 Å². The van der Waals surface area contributed by atoms with Gasteiger partial charge >= 0.3 is 0 Å². The zero-order valence-electron chi connectivity index (χ0n) is 14.4. The van der Waals surface area contributed by atoms with Gasteiger partial charge in [0.1, 0.15) is 17.5 Å². The normalized spacial score (nSPS) is 15.2. The van der Waals surface area contributed by atoms with Gasteiger partial charge in [-0.2, -0.15) is 0 Å². The summed E-state index contributed by atoms with van der Waals surface area (Å²) in [6, 6.07) is 10.2. The molecule has 0 radical (unpaired) electrons. The minimum absolute atomic E-state index is 0.751. The molecule has 0 unspecified atom stereocenters. The number of anilines is 3. The van der Waals surface area contributed by atoms with Crippen molar-refractivity contribution in [1.29, 1.82) is 0 Å². The van der Waals surface area contributed by atoms with Crippen molar-refractivity contribution in [3.63, 3.8) is 0 Å². The molecule has 1 aliphatic rings. The van der Waals surface area contributed by atoms with Crippen LogP contribution in [0.5, 0.6) is 0 Å². The average Bonchev–Trinajstić information content (AvgIpc) is 2.55. The molecule has 2 heterocycles. The fourth-order valence-electron chi connectivity index (χ4n) is 2.76. The molecule has 6 nitrogen and oxygen atoms in total. The second-order valence-corrected chi connectivity index (χ2v) is 6.06. The third-order valence-corrected chi connectivity index (χ3v) is 3.97. The molecule has 0 amide bonds. The van der Waals surface area contributed by atoms with Gasteiger partial charge < -0.3 is 15.4 Å². The van der Waals surface area contributed by atoms with Crippen molar-refractivity contribution in [1.82, 2.24) is 14.9 Å². The van der Waals surface area contributed by atoms with E-state index in [9.17, 15) is 0 Å². The van der Waals surface area contributed by atoms with E-state index in [0.717, 1.165) is 62.5 Å². The van der Waals surface area contributed by atoms with E-state index in [4.69, 9.17) is 4.74 Å². The van der Waals surface area contributed by atoms with E-state index in [1.807, 2.05) is 25.1 Å². The summed E-state index contributed by atoms with van der Waals surface area (Å²) in [4.78, 5) is 11.3. The van der Waals surface area contributed by atoms with Crippen LogP contribution in [0.3, 0.4) is 0 Å². The maximum Gasteiger partial charge on any atom is 0.136 e. The standard InChI is InChI=1S/C18H25N5O/c1-14-4-3-5-16(12-14)22-18-13-17(20-15(2)21-18)19-6-7-23-8-10-24-11-9-23/h3-5,12-13H,6-11H2,1-2H3,(H2,19,20,21,22). The van der Waals surface area contributed by atoms with E-state index >= 15 is 0 Å². The van der Waals surface area contributed by atoms with Crippen LogP contribution < -0.4 is 10.6 Å². The molecule has 128 valence electrons. The van der Waals surface area contributed by atoms with Gasteiger partial charge in [-0.1, -0.05) is 12.1 Å². The Morgan fingerprint density at radius 1 is 1.08 bits per heavy atom. The van der Waals surface area contributed by atoms with Crippen molar-refractivity contribution >= 4 is 17.3 Å². The number of hydrogen-bond acceptors (Lipinski definition) is 6. The number of benzene rings is 1. The number of aryl methyl sites for hydroxylation is 2. The van der Waals surface area contributed by atoms with Crippen LogP contribution in [0.25, 0.3) is 0 Å². The Labute approximate surface area is 143 Å². The zero-order valence-corrected chi connectivity index (χ0v) is 14.4. The van der Waals surface area contributed by atoms with Crippen molar-refractivity contribution in [3.05, 3.63) is 41.7 Å². The molecular weight excluding hydrogens is 302 g/mol. The minimum Gasteiger partial charge on any atom is -0.379 e. The summed E-state index contributed by atoms with van der Waals surface area (Å²) in [5.41, 5.74) is 2.25. The first kappa shape index (κ1) is 16.7. The molecule has 1 aliphatic heterocycles. The Hall–Kier alpha value is -2.18. The number of ether oxygens (including phenoxy) is 1. The highest BCUT2D eigenvalue weighted by Gasteiger charge is 2.09. The number of rotatable bonds is 6. The Morgan fingerprint density at radius 2 is 1.88 bits per heavy atom. The van der Waals surface area contributed by atoms with Crippen LogP contribution in [0, 0.1) is 13.8 Å². The topological polar surface area (TPSA) is 62.3 Å². The highest BCUT2D eigenvalue weighted by Crippen LogP contribution is 2.18. The van der Waals surface area contributed by atoms with Gasteiger partial charge in [-0.3, -0.25) is 4.90 Å². The SMILES string of the molecule is Cc1cccc(Nc2cc(NCCN3CCOCC3)nc(C)n2)c1. The number of aromatic nitrogens is 2. The highest BCUT2D eigenvalue weighted by atomic mass is 16.5. The lowest BCUT2D eigenvalue weighted by molar-refractivity contribution is 0.0398. The first-order valence-electron chi connectivity index (χ1n) is 8.42.